The second-order valence-electron chi connectivity index (χ2n) is 4.16. The van der Waals surface area contributed by atoms with Crippen LogP contribution in [0, 0.1) is 21.4 Å². The Hall–Kier alpha value is -2.52. The van der Waals surface area contributed by atoms with Crippen molar-refractivity contribution in [3.05, 3.63) is 63.7 Å². The van der Waals surface area contributed by atoms with Crippen LogP contribution in [0.3, 0.4) is 0 Å². The van der Waals surface area contributed by atoms with Gasteiger partial charge in [0.2, 0.25) is 0 Å². The van der Waals surface area contributed by atoms with Crippen LogP contribution < -0.4 is 4.74 Å². The molecule has 0 aliphatic heterocycles. The summed E-state index contributed by atoms with van der Waals surface area (Å²) in [6.45, 7) is 0. The SMILES string of the molecule is COc1ccc(CSc2c(C#N)cccc2[N+](=O)[O-])cc1. The van der Waals surface area contributed by atoms with Crippen molar-refractivity contribution in [2.24, 2.45) is 0 Å². The van der Waals surface area contributed by atoms with E-state index >= 15 is 0 Å². The van der Waals surface area contributed by atoms with Crippen molar-refractivity contribution in [3.63, 3.8) is 0 Å². The number of benzene rings is 2. The summed E-state index contributed by atoms with van der Waals surface area (Å²) < 4.78 is 5.08. The Labute approximate surface area is 126 Å². The van der Waals surface area contributed by atoms with Crippen LogP contribution in [-0.2, 0) is 5.75 Å². The number of methoxy groups -OCH3 is 1. The molecule has 0 N–H and O–H groups in total. The first-order valence-corrected chi connectivity index (χ1v) is 7.07. The lowest BCUT2D eigenvalue weighted by atomic mass is 10.2. The zero-order valence-corrected chi connectivity index (χ0v) is 12.1. The van der Waals surface area contributed by atoms with Gasteiger partial charge < -0.3 is 4.74 Å². The fraction of sp³-hybridized carbons (Fsp3) is 0.133. The highest BCUT2D eigenvalue weighted by Crippen LogP contribution is 2.34. The minimum atomic E-state index is -0.461. The van der Waals surface area contributed by atoms with E-state index in [1.54, 1.807) is 13.2 Å². The van der Waals surface area contributed by atoms with Gasteiger partial charge in [-0.3, -0.25) is 10.1 Å². The van der Waals surface area contributed by atoms with Gasteiger partial charge in [-0.25, -0.2) is 0 Å². The predicted molar refractivity (Wildman–Crippen MR) is 80.4 cm³/mol. The van der Waals surface area contributed by atoms with Crippen LogP contribution in [0.5, 0.6) is 5.75 Å². The Kier molecular flexibility index (Phi) is 4.80. The summed E-state index contributed by atoms with van der Waals surface area (Å²) in [7, 11) is 1.59. The average Bonchev–Trinajstić information content (AvgIpc) is 2.52. The molecule has 0 aliphatic rings. The number of nitrogens with zero attached hydrogens (tertiary/aromatic N) is 2. The van der Waals surface area contributed by atoms with Crippen molar-refractivity contribution in [2.45, 2.75) is 10.6 Å². The molecule has 2 aromatic rings. The smallest absolute Gasteiger partial charge is 0.284 e. The number of hydrogen-bond acceptors (Lipinski definition) is 5. The Balaban J connectivity index is 2.22. The Morgan fingerprint density at radius 3 is 2.57 bits per heavy atom. The Morgan fingerprint density at radius 1 is 1.29 bits per heavy atom. The summed E-state index contributed by atoms with van der Waals surface area (Å²) in [5, 5.41) is 20.1. The fourth-order valence-corrected chi connectivity index (χ4v) is 2.85. The molecule has 21 heavy (non-hydrogen) atoms. The maximum atomic E-state index is 11.1. The Bertz CT molecular complexity index is 693. The van der Waals surface area contributed by atoms with E-state index in [0.717, 1.165) is 11.3 Å². The monoisotopic (exact) mass is 300 g/mol. The highest BCUT2D eigenvalue weighted by molar-refractivity contribution is 7.98. The molecular weight excluding hydrogens is 288 g/mol. The van der Waals surface area contributed by atoms with Crippen molar-refractivity contribution >= 4 is 17.4 Å². The molecule has 0 spiro atoms. The largest absolute Gasteiger partial charge is 0.497 e. The first kappa shape index (κ1) is 14.9. The molecule has 0 fully saturated rings. The lowest BCUT2D eigenvalue weighted by molar-refractivity contribution is -0.387. The third kappa shape index (κ3) is 3.52. The minimum absolute atomic E-state index is 0.0347. The molecule has 0 unspecified atom stereocenters. The van der Waals surface area contributed by atoms with Gasteiger partial charge in [-0.1, -0.05) is 18.2 Å². The highest BCUT2D eigenvalue weighted by Gasteiger charge is 2.17. The molecular formula is C15H12N2O3S. The Morgan fingerprint density at radius 2 is 2.00 bits per heavy atom. The van der Waals surface area contributed by atoms with E-state index < -0.39 is 4.92 Å². The molecule has 0 bridgehead atoms. The quantitative estimate of drug-likeness (QED) is 0.477. The van der Waals surface area contributed by atoms with Gasteiger partial charge >= 0.3 is 0 Å². The summed E-state index contributed by atoms with van der Waals surface area (Å²) >= 11 is 1.29. The van der Waals surface area contributed by atoms with E-state index in [1.807, 2.05) is 30.3 Å². The van der Waals surface area contributed by atoms with E-state index in [0.29, 0.717) is 16.2 Å². The molecule has 0 heterocycles. The van der Waals surface area contributed by atoms with Gasteiger partial charge in [0.15, 0.2) is 0 Å². The molecule has 106 valence electrons. The molecule has 0 aromatic heterocycles. The maximum absolute atomic E-state index is 11.1. The van der Waals surface area contributed by atoms with Crippen molar-refractivity contribution < 1.29 is 9.66 Å². The van der Waals surface area contributed by atoms with Crippen LogP contribution in [0.25, 0.3) is 0 Å². The fourth-order valence-electron chi connectivity index (χ4n) is 1.79. The van der Waals surface area contributed by atoms with Crippen LogP contribution in [0.4, 0.5) is 5.69 Å². The van der Waals surface area contributed by atoms with Crippen LogP contribution >= 0.6 is 11.8 Å². The van der Waals surface area contributed by atoms with Crippen molar-refractivity contribution in [1.82, 2.24) is 0 Å². The third-order valence-corrected chi connectivity index (χ3v) is 4.05. The third-order valence-electron chi connectivity index (χ3n) is 2.85. The molecule has 0 saturated heterocycles. The average molecular weight is 300 g/mol. The summed E-state index contributed by atoms with van der Waals surface area (Å²) in [6.07, 6.45) is 0. The van der Waals surface area contributed by atoms with E-state index in [1.165, 1.54) is 23.9 Å². The van der Waals surface area contributed by atoms with Crippen LogP contribution in [-0.4, -0.2) is 12.0 Å². The van der Waals surface area contributed by atoms with Crippen molar-refractivity contribution in [3.8, 4) is 11.8 Å². The molecule has 6 heteroatoms. The molecule has 2 aromatic carbocycles. The van der Waals surface area contributed by atoms with Gasteiger partial charge in [-0.2, -0.15) is 5.26 Å². The molecule has 0 saturated carbocycles. The van der Waals surface area contributed by atoms with E-state index in [2.05, 4.69) is 0 Å². The first-order chi connectivity index (χ1) is 10.2. The molecule has 0 aliphatic carbocycles. The summed E-state index contributed by atoms with van der Waals surface area (Å²) in [5.41, 5.74) is 1.29. The molecule has 0 radical (unpaired) electrons. The number of nitro benzene ring substituents is 1. The van der Waals surface area contributed by atoms with Crippen LogP contribution in [0.1, 0.15) is 11.1 Å². The van der Waals surface area contributed by atoms with Crippen molar-refractivity contribution in [2.75, 3.05) is 7.11 Å². The normalized spacial score (nSPS) is 9.90. The van der Waals surface area contributed by atoms with E-state index in [9.17, 15) is 10.1 Å². The number of thioether (sulfide) groups is 1. The molecule has 0 atom stereocenters. The minimum Gasteiger partial charge on any atom is -0.497 e. The van der Waals surface area contributed by atoms with Crippen LogP contribution in [0.2, 0.25) is 0 Å². The molecule has 5 nitrogen and oxygen atoms in total. The van der Waals surface area contributed by atoms with E-state index in [4.69, 9.17) is 10.00 Å². The second-order valence-corrected chi connectivity index (χ2v) is 5.15. The number of nitriles is 1. The standard InChI is InChI=1S/C15H12N2O3S/c1-20-13-7-5-11(6-8-13)10-21-15-12(9-16)3-2-4-14(15)17(18)19/h2-8H,10H2,1H3. The van der Waals surface area contributed by atoms with Gasteiger partial charge in [0.1, 0.15) is 16.7 Å². The zero-order chi connectivity index (χ0) is 15.2. The van der Waals surface area contributed by atoms with E-state index in [-0.39, 0.29) is 5.69 Å². The topological polar surface area (TPSA) is 76.2 Å². The number of rotatable bonds is 5. The molecule has 2 rings (SSSR count). The lowest BCUT2D eigenvalue weighted by Crippen LogP contribution is -1.94. The number of nitro groups is 1. The van der Waals surface area contributed by atoms with Crippen LogP contribution in [0.15, 0.2) is 47.4 Å². The molecule has 0 amide bonds. The van der Waals surface area contributed by atoms with Gasteiger partial charge in [0, 0.05) is 11.8 Å². The van der Waals surface area contributed by atoms with Gasteiger partial charge in [-0.05, 0) is 23.8 Å². The zero-order valence-electron chi connectivity index (χ0n) is 11.3. The highest BCUT2D eigenvalue weighted by atomic mass is 32.2. The first-order valence-electron chi connectivity index (χ1n) is 6.09. The van der Waals surface area contributed by atoms with Gasteiger partial charge in [0.05, 0.1) is 17.6 Å². The summed E-state index contributed by atoms with van der Waals surface area (Å²) in [5.74, 6) is 1.30. The summed E-state index contributed by atoms with van der Waals surface area (Å²) in [4.78, 5) is 11.0. The number of ether oxygens (including phenoxy) is 1. The van der Waals surface area contributed by atoms with Gasteiger partial charge in [-0.15, -0.1) is 11.8 Å². The predicted octanol–water partition coefficient (Wildman–Crippen LogP) is 3.77. The lowest BCUT2D eigenvalue weighted by Gasteiger charge is -2.06. The number of hydrogen-bond donors (Lipinski definition) is 0. The van der Waals surface area contributed by atoms with Crippen molar-refractivity contribution in [1.29, 1.82) is 5.26 Å². The second kappa shape index (κ2) is 6.77. The maximum Gasteiger partial charge on any atom is 0.284 e. The van der Waals surface area contributed by atoms with Gasteiger partial charge in [0.25, 0.3) is 5.69 Å². The summed E-state index contributed by atoms with van der Waals surface area (Å²) in [6, 6.07) is 14.0.